The van der Waals surface area contributed by atoms with Gasteiger partial charge in [0, 0.05) is 22.8 Å². The first-order valence-corrected chi connectivity index (χ1v) is 8.67. The number of halogens is 2. The van der Waals surface area contributed by atoms with Crippen molar-refractivity contribution in [3.63, 3.8) is 0 Å². The molecule has 0 fully saturated rings. The smallest absolute Gasteiger partial charge is 0.254 e. The summed E-state index contributed by atoms with van der Waals surface area (Å²) in [4.78, 5) is 19.5. The van der Waals surface area contributed by atoms with Gasteiger partial charge in [0.05, 0.1) is 5.69 Å². The van der Waals surface area contributed by atoms with Crippen molar-refractivity contribution in [1.82, 2.24) is 9.97 Å². The number of aromatic amines is 1. The van der Waals surface area contributed by atoms with Crippen LogP contribution in [0.15, 0.2) is 28.2 Å². The van der Waals surface area contributed by atoms with Crippen molar-refractivity contribution in [2.45, 2.75) is 44.7 Å². The normalized spacial score (nSPS) is 12.4. The SMILES string of the molecule is CCCSc1nc(C(C)c2c(F)cccc2F)c(CC)c(=O)[nH]1. The highest BCUT2D eigenvalue weighted by molar-refractivity contribution is 7.99. The third-order valence-electron chi connectivity index (χ3n) is 3.67. The third kappa shape index (κ3) is 3.80. The van der Waals surface area contributed by atoms with E-state index in [0.29, 0.717) is 22.8 Å². The van der Waals surface area contributed by atoms with E-state index in [1.54, 1.807) is 6.92 Å². The summed E-state index contributed by atoms with van der Waals surface area (Å²) in [6, 6.07) is 3.77. The molecule has 1 unspecified atom stereocenters. The summed E-state index contributed by atoms with van der Waals surface area (Å²) in [5.41, 5.74) is 0.631. The fourth-order valence-electron chi connectivity index (χ4n) is 2.52. The second-order valence-corrected chi connectivity index (χ2v) is 6.38. The van der Waals surface area contributed by atoms with Gasteiger partial charge in [0.1, 0.15) is 11.6 Å². The molecule has 1 atom stereocenters. The van der Waals surface area contributed by atoms with E-state index in [4.69, 9.17) is 0 Å². The van der Waals surface area contributed by atoms with Gasteiger partial charge in [-0.3, -0.25) is 4.79 Å². The molecule has 3 nitrogen and oxygen atoms in total. The monoisotopic (exact) mass is 338 g/mol. The number of thioether (sulfide) groups is 1. The predicted octanol–water partition coefficient (Wildman–Crippen LogP) is 4.26. The number of nitrogens with one attached hydrogen (secondary N) is 1. The van der Waals surface area contributed by atoms with Crippen LogP contribution >= 0.6 is 11.8 Å². The maximum atomic E-state index is 14.1. The van der Waals surface area contributed by atoms with E-state index in [-0.39, 0.29) is 11.1 Å². The third-order valence-corrected chi connectivity index (χ3v) is 4.74. The summed E-state index contributed by atoms with van der Waals surface area (Å²) in [6.07, 6.45) is 1.40. The Morgan fingerprint density at radius 2 is 1.91 bits per heavy atom. The molecule has 0 aliphatic carbocycles. The van der Waals surface area contributed by atoms with E-state index in [1.807, 2.05) is 13.8 Å². The molecule has 0 aliphatic heterocycles. The van der Waals surface area contributed by atoms with E-state index in [0.717, 1.165) is 12.2 Å². The number of benzene rings is 1. The molecule has 2 rings (SSSR count). The molecule has 0 amide bonds. The van der Waals surface area contributed by atoms with Crippen LogP contribution in [0, 0.1) is 11.6 Å². The summed E-state index contributed by atoms with van der Waals surface area (Å²) < 4.78 is 28.1. The molecule has 124 valence electrons. The van der Waals surface area contributed by atoms with Gasteiger partial charge in [0.25, 0.3) is 5.56 Å². The van der Waals surface area contributed by atoms with Crippen molar-refractivity contribution in [2.24, 2.45) is 0 Å². The topological polar surface area (TPSA) is 45.8 Å². The fraction of sp³-hybridized carbons (Fsp3) is 0.412. The molecular weight excluding hydrogens is 318 g/mol. The minimum Gasteiger partial charge on any atom is -0.301 e. The summed E-state index contributed by atoms with van der Waals surface area (Å²) in [6.45, 7) is 5.54. The molecule has 6 heteroatoms. The Kier molecular flexibility index (Phi) is 5.93. The second kappa shape index (κ2) is 7.73. The molecule has 0 radical (unpaired) electrons. The fourth-order valence-corrected chi connectivity index (χ4v) is 3.25. The van der Waals surface area contributed by atoms with Crippen LogP contribution in [0.2, 0.25) is 0 Å². The van der Waals surface area contributed by atoms with Crippen molar-refractivity contribution < 1.29 is 8.78 Å². The lowest BCUT2D eigenvalue weighted by Gasteiger charge is -2.17. The summed E-state index contributed by atoms with van der Waals surface area (Å²) >= 11 is 1.43. The highest BCUT2D eigenvalue weighted by atomic mass is 32.2. The Labute approximate surface area is 138 Å². The van der Waals surface area contributed by atoms with Gasteiger partial charge in [-0.25, -0.2) is 13.8 Å². The molecule has 2 aromatic rings. The van der Waals surface area contributed by atoms with Crippen LogP contribution in [0.3, 0.4) is 0 Å². The van der Waals surface area contributed by atoms with Crippen molar-refractivity contribution >= 4 is 11.8 Å². The zero-order valence-corrected chi connectivity index (χ0v) is 14.3. The summed E-state index contributed by atoms with van der Waals surface area (Å²) in [5.74, 6) is -1.06. The molecule has 0 spiro atoms. The van der Waals surface area contributed by atoms with Crippen molar-refractivity contribution in [2.75, 3.05) is 5.75 Å². The number of hydrogen-bond acceptors (Lipinski definition) is 3. The molecule has 0 aliphatic rings. The Balaban J connectivity index is 2.56. The van der Waals surface area contributed by atoms with E-state index >= 15 is 0 Å². The molecule has 1 aromatic heterocycles. The first-order valence-electron chi connectivity index (χ1n) is 7.69. The zero-order valence-electron chi connectivity index (χ0n) is 13.5. The van der Waals surface area contributed by atoms with Crippen LogP contribution in [0.5, 0.6) is 0 Å². The maximum absolute atomic E-state index is 14.1. The standard InChI is InChI=1S/C17H20F2N2OS/c1-4-9-23-17-20-15(11(5-2)16(22)21-17)10(3)14-12(18)7-6-8-13(14)19/h6-8,10H,4-5,9H2,1-3H3,(H,20,21,22). The summed E-state index contributed by atoms with van der Waals surface area (Å²) in [5, 5.41) is 0.493. The van der Waals surface area contributed by atoms with Gasteiger partial charge in [-0.05, 0) is 25.0 Å². The molecule has 23 heavy (non-hydrogen) atoms. The number of hydrogen-bond donors (Lipinski definition) is 1. The first kappa shape index (κ1) is 17.7. The quantitative estimate of drug-likeness (QED) is 0.632. The lowest BCUT2D eigenvalue weighted by Crippen LogP contribution is -2.20. The lowest BCUT2D eigenvalue weighted by molar-refractivity contribution is 0.542. The van der Waals surface area contributed by atoms with Crippen LogP contribution in [-0.2, 0) is 6.42 Å². The van der Waals surface area contributed by atoms with E-state index < -0.39 is 17.6 Å². The minimum atomic E-state index is -0.630. The van der Waals surface area contributed by atoms with Gasteiger partial charge in [0.15, 0.2) is 5.16 Å². The maximum Gasteiger partial charge on any atom is 0.254 e. The zero-order chi connectivity index (χ0) is 17.0. The van der Waals surface area contributed by atoms with E-state index in [2.05, 4.69) is 9.97 Å². The van der Waals surface area contributed by atoms with Crippen LogP contribution in [0.4, 0.5) is 8.78 Å². The summed E-state index contributed by atoms with van der Waals surface area (Å²) in [7, 11) is 0. The predicted molar refractivity (Wildman–Crippen MR) is 89.1 cm³/mol. The Morgan fingerprint density at radius 1 is 1.26 bits per heavy atom. The Bertz CT molecular complexity index is 726. The van der Waals surface area contributed by atoms with Crippen molar-refractivity contribution in [3.8, 4) is 0 Å². The molecule has 1 aromatic carbocycles. The van der Waals surface area contributed by atoms with Crippen LogP contribution in [0.25, 0.3) is 0 Å². The van der Waals surface area contributed by atoms with Gasteiger partial charge in [-0.1, -0.05) is 38.6 Å². The first-order chi connectivity index (χ1) is 11.0. The largest absolute Gasteiger partial charge is 0.301 e. The minimum absolute atomic E-state index is 0.0493. The number of rotatable bonds is 6. The Morgan fingerprint density at radius 3 is 2.48 bits per heavy atom. The molecule has 0 saturated carbocycles. The van der Waals surface area contributed by atoms with E-state index in [9.17, 15) is 13.6 Å². The number of H-pyrrole nitrogens is 1. The molecule has 0 saturated heterocycles. The molecule has 1 heterocycles. The van der Waals surface area contributed by atoms with Crippen molar-refractivity contribution in [3.05, 3.63) is 57.0 Å². The Hall–Kier alpha value is -1.69. The number of aromatic nitrogens is 2. The molecule has 0 bridgehead atoms. The highest BCUT2D eigenvalue weighted by Gasteiger charge is 2.23. The average molecular weight is 338 g/mol. The molecule has 1 N–H and O–H groups in total. The van der Waals surface area contributed by atoms with Gasteiger partial charge >= 0.3 is 0 Å². The average Bonchev–Trinajstić information content (AvgIpc) is 2.52. The van der Waals surface area contributed by atoms with E-state index in [1.165, 1.54) is 30.0 Å². The molecular formula is C17H20F2N2OS. The highest BCUT2D eigenvalue weighted by Crippen LogP contribution is 2.29. The van der Waals surface area contributed by atoms with Gasteiger partial charge in [0.2, 0.25) is 0 Å². The lowest BCUT2D eigenvalue weighted by atomic mass is 9.93. The van der Waals surface area contributed by atoms with Gasteiger partial charge in [-0.15, -0.1) is 0 Å². The van der Waals surface area contributed by atoms with Gasteiger partial charge in [-0.2, -0.15) is 0 Å². The van der Waals surface area contributed by atoms with Crippen LogP contribution in [0.1, 0.15) is 49.9 Å². The van der Waals surface area contributed by atoms with Gasteiger partial charge < -0.3 is 4.98 Å². The van der Waals surface area contributed by atoms with Crippen LogP contribution < -0.4 is 5.56 Å². The van der Waals surface area contributed by atoms with Crippen molar-refractivity contribution in [1.29, 1.82) is 0 Å². The number of nitrogens with zero attached hydrogens (tertiary/aromatic N) is 1. The second-order valence-electron chi connectivity index (χ2n) is 5.29. The van der Waals surface area contributed by atoms with Crippen LogP contribution in [-0.4, -0.2) is 15.7 Å².